The van der Waals surface area contributed by atoms with Gasteiger partial charge >= 0.3 is 0 Å². The average molecular weight is 703 g/mol. The van der Waals surface area contributed by atoms with Crippen LogP contribution in [0.4, 0.5) is 0 Å². The number of pyridine rings is 1. The molecule has 1 unspecified atom stereocenters. The van der Waals surface area contributed by atoms with Crippen LogP contribution >= 0.6 is 0 Å². The molecule has 0 N–H and O–H groups in total. The smallest absolute Gasteiger partial charge is 0.136 e. The number of fused-ring (bicyclic) bond motifs is 7. The summed E-state index contributed by atoms with van der Waals surface area (Å²) in [5.74, 6) is 0.741. The number of aliphatic imine (C=N–C) groups is 1. The maximum Gasteiger partial charge on any atom is 0.136 e. The van der Waals surface area contributed by atoms with E-state index < -0.39 is 0 Å². The predicted molar refractivity (Wildman–Crippen MR) is 228 cm³/mol. The number of amidine groups is 1. The fourth-order valence-corrected chi connectivity index (χ4v) is 8.25. The van der Waals surface area contributed by atoms with Crippen LogP contribution in [0.15, 0.2) is 203 Å². The van der Waals surface area contributed by atoms with E-state index in [0.717, 1.165) is 100.0 Å². The van der Waals surface area contributed by atoms with Crippen LogP contribution in [0.1, 0.15) is 11.1 Å². The van der Waals surface area contributed by atoms with Crippen LogP contribution in [0.3, 0.4) is 0 Å². The number of hydrogen-bond donors (Lipinski definition) is 0. The van der Waals surface area contributed by atoms with Crippen LogP contribution in [0.5, 0.6) is 0 Å². The van der Waals surface area contributed by atoms with Crippen molar-refractivity contribution >= 4 is 55.1 Å². The molecular formula is C51H32N3O-. The van der Waals surface area contributed by atoms with Gasteiger partial charge in [0.05, 0.1) is 11.2 Å². The van der Waals surface area contributed by atoms with Crippen LogP contribution in [-0.4, -0.2) is 16.9 Å². The lowest BCUT2D eigenvalue weighted by Gasteiger charge is -2.36. The van der Waals surface area contributed by atoms with E-state index in [1.54, 1.807) is 0 Å². The first-order valence-electron chi connectivity index (χ1n) is 18.6. The van der Waals surface area contributed by atoms with Crippen molar-refractivity contribution in [2.24, 2.45) is 4.99 Å². The molecule has 9 aromatic rings. The number of nitrogens with zero attached hydrogens (tertiary/aromatic N) is 3. The van der Waals surface area contributed by atoms with Crippen molar-refractivity contribution in [2.75, 3.05) is 0 Å². The Morgan fingerprint density at radius 2 is 1.18 bits per heavy atom. The zero-order valence-corrected chi connectivity index (χ0v) is 29.7. The molecule has 3 heterocycles. The van der Waals surface area contributed by atoms with E-state index in [4.69, 9.17) is 19.7 Å². The van der Waals surface area contributed by atoms with Crippen molar-refractivity contribution in [1.29, 1.82) is 0 Å². The van der Waals surface area contributed by atoms with Crippen molar-refractivity contribution in [2.45, 2.75) is 6.04 Å². The minimum absolute atomic E-state index is 0.0588. The highest BCUT2D eigenvalue weighted by Crippen LogP contribution is 2.46. The van der Waals surface area contributed by atoms with Gasteiger partial charge in [0.1, 0.15) is 11.2 Å². The Morgan fingerprint density at radius 3 is 2.02 bits per heavy atom. The van der Waals surface area contributed by atoms with Crippen LogP contribution in [-0.2, 0) is 0 Å². The van der Waals surface area contributed by atoms with E-state index >= 15 is 0 Å². The summed E-state index contributed by atoms with van der Waals surface area (Å²) in [5, 5.41) is 10.6. The molecule has 1 atom stereocenters. The molecule has 258 valence electrons. The van der Waals surface area contributed by atoms with Gasteiger partial charge in [0.15, 0.2) is 0 Å². The monoisotopic (exact) mass is 702 g/mol. The molecule has 55 heavy (non-hydrogen) atoms. The van der Waals surface area contributed by atoms with E-state index in [9.17, 15) is 0 Å². The summed E-state index contributed by atoms with van der Waals surface area (Å²) < 4.78 is 6.59. The van der Waals surface area contributed by atoms with Crippen molar-refractivity contribution in [3.05, 3.63) is 210 Å². The summed E-state index contributed by atoms with van der Waals surface area (Å²) in [5.41, 5.74) is 13.3. The summed E-state index contributed by atoms with van der Waals surface area (Å²) in [7, 11) is 0. The number of aromatic nitrogens is 1. The third kappa shape index (κ3) is 5.22. The maximum atomic E-state index is 6.59. The van der Waals surface area contributed by atoms with Crippen LogP contribution in [0.25, 0.3) is 88.1 Å². The van der Waals surface area contributed by atoms with Gasteiger partial charge in [-0.2, -0.15) is 0 Å². The molecule has 0 spiro atoms. The first kappa shape index (κ1) is 31.2. The molecule has 0 amide bonds. The van der Waals surface area contributed by atoms with Gasteiger partial charge in [0, 0.05) is 44.1 Å². The number of para-hydroxylation sites is 2. The SMILES string of the molecule is C1=CC2=C(c3ccccc3)N=C(c3ccc(-c4cccc(-c5nc6ccccc6c6c(-c7ccccc7)c7c(cc56)oc5ccccc57)c4)cc3)[N-]C2C=C1. The second-order valence-corrected chi connectivity index (χ2v) is 14.1. The normalized spacial score (nSPS) is 15.1. The largest absolute Gasteiger partial charge is 0.456 e. The first-order valence-corrected chi connectivity index (χ1v) is 18.6. The molecule has 4 heteroatoms. The summed E-state index contributed by atoms with van der Waals surface area (Å²) in [4.78, 5) is 10.5. The number of benzene rings is 7. The molecule has 0 bridgehead atoms. The fraction of sp³-hybridized carbons (Fsp3) is 0.0196. The highest BCUT2D eigenvalue weighted by atomic mass is 16.3. The predicted octanol–water partition coefficient (Wildman–Crippen LogP) is 13.3. The summed E-state index contributed by atoms with van der Waals surface area (Å²) in [6.07, 6.45) is 8.39. The highest BCUT2D eigenvalue weighted by molar-refractivity contribution is 6.27. The van der Waals surface area contributed by atoms with E-state index in [-0.39, 0.29) is 6.04 Å². The Balaban J connectivity index is 1.05. The molecule has 1 aliphatic carbocycles. The zero-order valence-electron chi connectivity index (χ0n) is 29.7. The third-order valence-electron chi connectivity index (χ3n) is 10.8. The van der Waals surface area contributed by atoms with Crippen molar-refractivity contribution in [1.82, 2.24) is 4.98 Å². The molecule has 0 saturated carbocycles. The number of furan rings is 1. The molecule has 0 saturated heterocycles. The van der Waals surface area contributed by atoms with Crippen molar-refractivity contribution in [3.63, 3.8) is 0 Å². The molecule has 1 aliphatic heterocycles. The van der Waals surface area contributed by atoms with Gasteiger partial charge in [-0.05, 0) is 63.4 Å². The lowest BCUT2D eigenvalue weighted by molar-refractivity contribution is 0.669. The second-order valence-electron chi connectivity index (χ2n) is 14.1. The Labute approximate surface area is 318 Å². The van der Waals surface area contributed by atoms with Gasteiger partial charge in [-0.25, -0.2) is 4.98 Å². The van der Waals surface area contributed by atoms with Gasteiger partial charge in [0.2, 0.25) is 0 Å². The molecule has 11 rings (SSSR count). The minimum Gasteiger partial charge on any atom is -0.456 e. The summed E-state index contributed by atoms with van der Waals surface area (Å²) in [6.45, 7) is 0. The molecule has 2 aliphatic rings. The zero-order chi connectivity index (χ0) is 36.3. The second kappa shape index (κ2) is 12.7. The standard InChI is InChI=1S/C51H32N3O/c1-3-14-33(15-4-1)46-47-38-20-7-10-23-42(38)52-50(41(47)31-45-48(46)40-22-9-12-25-44(40)55-45)37-19-13-18-36(30-37)32-26-28-35(29-27-32)51-53-43-24-11-8-21-39(43)49(54-51)34-16-5-2-6-17-34/h1-31,43H/q-1. The van der Waals surface area contributed by atoms with Crippen LogP contribution in [0.2, 0.25) is 0 Å². The lowest BCUT2D eigenvalue weighted by atomic mass is 9.89. The van der Waals surface area contributed by atoms with E-state index in [1.807, 2.05) is 12.1 Å². The summed E-state index contributed by atoms with van der Waals surface area (Å²) >= 11 is 0. The molecule has 0 fully saturated rings. The number of hydrogen-bond acceptors (Lipinski definition) is 3. The fourth-order valence-electron chi connectivity index (χ4n) is 8.25. The Bertz CT molecular complexity index is 3100. The van der Waals surface area contributed by atoms with Gasteiger partial charge in [-0.3, -0.25) is 0 Å². The number of rotatable bonds is 5. The maximum absolute atomic E-state index is 6.59. The van der Waals surface area contributed by atoms with E-state index in [1.165, 1.54) is 5.39 Å². The van der Waals surface area contributed by atoms with Crippen LogP contribution in [0, 0.1) is 0 Å². The van der Waals surface area contributed by atoms with Gasteiger partial charge in [-0.15, -0.1) is 0 Å². The van der Waals surface area contributed by atoms with E-state index in [0.29, 0.717) is 0 Å². The van der Waals surface area contributed by atoms with Gasteiger partial charge in [0.25, 0.3) is 0 Å². The Hall–Kier alpha value is -7.30. The molecule has 4 nitrogen and oxygen atoms in total. The summed E-state index contributed by atoms with van der Waals surface area (Å²) in [6, 6.07) is 57.3. The molecule has 7 aromatic carbocycles. The quantitative estimate of drug-likeness (QED) is 0.168. The molecular weight excluding hydrogens is 671 g/mol. The van der Waals surface area contributed by atoms with Crippen molar-refractivity contribution in [3.8, 4) is 33.5 Å². The number of allylic oxidation sites excluding steroid dienone is 2. The van der Waals surface area contributed by atoms with Crippen LogP contribution < -0.4 is 0 Å². The highest BCUT2D eigenvalue weighted by Gasteiger charge is 2.22. The van der Waals surface area contributed by atoms with E-state index in [2.05, 4.69) is 176 Å². The van der Waals surface area contributed by atoms with Gasteiger partial charge in [-0.1, -0.05) is 170 Å². The Kier molecular flexibility index (Phi) is 7.20. The van der Waals surface area contributed by atoms with Gasteiger partial charge < -0.3 is 14.7 Å². The minimum atomic E-state index is -0.0588. The first-order chi connectivity index (χ1) is 27.3. The molecule has 2 aromatic heterocycles. The average Bonchev–Trinajstić information content (AvgIpc) is 3.64. The van der Waals surface area contributed by atoms with Crippen molar-refractivity contribution < 1.29 is 4.42 Å². The lowest BCUT2D eigenvalue weighted by Crippen LogP contribution is -2.19. The Morgan fingerprint density at radius 1 is 0.491 bits per heavy atom. The topological polar surface area (TPSA) is 52.5 Å². The third-order valence-corrected chi connectivity index (χ3v) is 10.8. The molecule has 0 radical (unpaired) electrons.